The Labute approximate surface area is 236 Å². The van der Waals surface area contributed by atoms with Gasteiger partial charge in [0.15, 0.2) is 17.7 Å². The number of ether oxygens (including phenoxy) is 2. The van der Waals surface area contributed by atoms with Gasteiger partial charge in [0.25, 0.3) is 5.91 Å². The van der Waals surface area contributed by atoms with E-state index >= 15 is 4.79 Å². The molecule has 8 rings (SSSR count). The molecule has 212 valence electrons. The maximum atomic E-state index is 15.0. The number of primary amides is 1. The second kappa shape index (κ2) is 8.40. The topological polar surface area (TPSA) is 99.0 Å². The van der Waals surface area contributed by atoms with Gasteiger partial charge in [0.05, 0.1) is 0 Å². The fourth-order valence-corrected chi connectivity index (χ4v) is 10.5. The highest BCUT2D eigenvalue weighted by molar-refractivity contribution is 6.18. The summed E-state index contributed by atoms with van der Waals surface area (Å²) >= 11 is 0. The van der Waals surface area contributed by atoms with Gasteiger partial charge in [-0.25, -0.2) is 0 Å². The Hall–Kier alpha value is -2.73. The summed E-state index contributed by atoms with van der Waals surface area (Å²) in [6.07, 6.45) is 3.21. The fraction of sp³-hybridized carbons (Fsp3) is 0.618. The minimum Gasteiger partial charge on any atom is -0.490 e. The molecule has 2 bridgehead atoms. The van der Waals surface area contributed by atoms with E-state index in [4.69, 9.17) is 15.2 Å². The van der Waals surface area contributed by atoms with Gasteiger partial charge in [0.1, 0.15) is 11.9 Å². The SMILES string of the molecule is CC1=C[C@]2(C)C(=C(C)[C@@H]3[C@@H]4C[C@H](C)C[C@H](C)[C@H]4[C@H]4Oc5ccc(cc5)CC(=O)[C@@H]5O[C@@]5(C(N)=O)C(=O)[C@H]2[C@@H]43)[C@@H]1C. The molecule has 40 heavy (non-hydrogen) atoms. The van der Waals surface area contributed by atoms with Gasteiger partial charge in [-0.15, -0.1) is 0 Å². The Bertz CT molecular complexity index is 1390. The number of rotatable bonds is 1. The van der Waals surface area contributed by atoms with Gasteiger partial charge in [0, 0.05) is 29.6 Å². The molecular formula is C34H41NO5. The average molecular weight is 544 g/mol. The van der Waals surface area contributed by atoms with E-state index in [1.165, 1.54) is 16.7 Å². The Morgan fingerprint density at radius 3 is 2.40 bits per heavy atom. The lowest BCUT2D eigenvalue weighted by Crippen LogP contribution is -2.56. The predicted octanol–water partition coefficient (Wildman–Crippen LogP) is 4.84. The number of hydrogen-bond donors (Lipinski definition) is 1. The summed E-state index contributed by atoms with van der Waals surface area (Å²) < 4.78 is 12.9. The van der Waals surface area contributed by atoms with Crippen molar-refractivity contribution < 1.29 is 23.9 Å². The second-order valence-corrected chi connectivity index (χ2v) is 14.2. The first-order valence-electron chi connectivity index (χ1n) is 15.1. The van der Waals surface area contributed by atoms with Crippen molar-refractivity contribution in [3.63, 3.8) is 0 Å². The van der Waals surface area contributed by atoms with Gasteiger partial charge in [-0.2, -0.15) is 0 Å². The van der Waals surface area contributed by atoms with Crippen LogP contribution in [0.3, 0.4) is 0 Å². The number of nitrogens with two attached hydrogens (primary N) is 1. The third kappa shape index (κ3) is 3.23. The first-order chi connectivity index (χ1) is 18.9. The number of ketones is 2. The zero-order chi connectivity index (χ0) is 28.5. The number of carbonyl (C=O) groups excluding carboxylic acids is 3. The minimum atomic E-state index is -1.91. The molecule has 7 aliphatic rings. The van der Waals surface area contributed by atoms with Crippen LogP contribution in [-0.2, 0) is 25.5 Å². The molecule has 2 N–H and O–H groups in total. The van der Waals surface area contributed by atoms with Crippen molar-refractivity contribution in [1.82, 2.24) is 0 Å². The van der Waals surface area contributed by atoms with Crippen LogP contribution in [0.1, 0.15) is 59.9 Å². The number of hydrogen-bond acceptors (Lipinski definition) is 5. The molecule has 0 radical (unpaired) electrons. The predicted molar refractivity (Wildman–Crippen MR) is 150 cm³/mol. The first kappa shape index (κ1) is 26.2. The quantitative estimate of drug-likeness (QED) is 0.310. The van der Waals surface area contributed by atoms with Crippen LogP contribution in [0.2, 0.25) is 0 Å². The van der Waals surface area contributed by atoms with Crippen LogP contribution in [0.4, 0.5) is 0 Å². The van der Waals surface area contributed by atoms with Crippen molar-refractivity contribution in [1.29, 1.82) is 0 Å². The van der Waals surface area contributed by atoms with Crippen LogP contribution >= 0.6 is 0 Å². The molecule has 1 amide bonds. The van der Waals surface area contributed by atoms with E-state index < -0.39 is 28.9 Å². The van der Waals surface area contributed by atoms with E-state index in [1.54, 1.807) is 0 Å². The Kier molecular flexibility index (Phi) is 5.50. The van der Waals surface area contributed by atoms with Crippen LogP contribution in [0.5, 0.6) is 5.75 Å². The van der Waals surface area contributed by atoms with Crippen LogP contribution in [0.15, 0.2) is 47.1 Å². The minimum absolute atomic E-state index is 0.0740. The Morgan fingerprint density at radius 1 is 1.02 bits per heavy atom. The molecule has 0 unspecified atom stereocenters. The Morgan fingerprint density at radius 2 is 1.73 bits per heavy atom. The highest BCUT2D eigenvalue weighted by atomic mass is 16.6. The largest absolute Gasteiger partial charge is 0.490 e. The molecule has 3 heterocycles. The number of epoxide rings is 1. The van der Waals surface area contributed by atoms with E-state index in [-0.39, 0.29) is 47.8 Å². The van der Waals surface area contributed by atoms with Crippen molar-refractivity contribution in [3.05, 3.63) is 52.6 Å². The lowest BCUT2D eigenvalue weighted by Gasteiger charge is -2.49. The number of Topliss-reactive ketones (excluding diaryl/α,β-unsaturated/α-hetero) is 2. The van der Waals surface area contributed by atoms with Crippen LogP contribution in [0.25, 0.3) is 0 Å². The second-order valence-electron chi connectivity index (χ2n) is 14.2. The van der Waals surface area contributed by atoms with E-state index in [2.05, 4.69) is 47.6 Å². The van der Waals surface area contributed by atoms with E-state index in [1.807, 2.05) is 24.3 Å². The van der Waals surface area contributed by atoms with Crippen molar-refractivity contribution >= 4 is 17.5 Å². The summed E-state index contributed by atoms with van der Waals surface area (Å²) in [5, 5.41) is 0. The van der Waals surface area contributed by atoms with Gasteiger partial charge < -0.3 is 15.2 Å². The molecule has 3 fully saturated rings. The molecule has 1 aromatic carbocycles. The smallest absolute Gasteiger partial charge is 0.260 e. The molecule has 0 spiro atoms. The molecule has 1 aromatic rings. The zero-order valence-corrected chi connectivity index (χ0v) is 24.4. The van der Waals surface area contributed by atoms with Gasteiger partial charge in [-0.05, 0) is 74.0 Å². The summed E-state index contributed by atoms with van der Waals surface area (Å²) in [6, 6.07) is 7.72. The summed E-state index contributed by atoms with van der Waals surface area (Å²) in [5.74, 6) is 0.616. The maximum Gasteiger partial charge on any atom is 0.260 e. The lowest BCUT2D eigenvalue weighted by molar-refractivity contribution is -0.142. The highest BCUT2D eigenvalue weighted by Gasteiger charge is 2.75. The van der Waals surface area contributed by atoms with Crippen LogP contribution < -0.4 is 10.5 Å². The number of carbonyl (C=O) groups is 3. The monoisotopic (exact) mass is 543 g/mol. The standard InChI is InChI=1S/C34H41NO5/c1-15-11-16(2)24-22(12-15)25-19(5)27-18(4)17(3)14-33(27,6)28-26(25)29(24)39-21-9-7-20(8-10-21)13-23(36)31-34(40-31,30(28)37)32(35)38/h7-10,14-16,18,22,24-26,28-29,31H,11-13H2,1-6H3,(H2,35,38)/t15-,16+,18-,22-,24-,25-,26+,28-,29-,31+,33-,34+/m1/s1. The van der Waals surface area contributed by atoms with Gasteiger partial charge in [-0.3, -0.25) is 14.4 Å². The molecule has 2 saturated carbocycles. The van der Waals surface area contributed by atoms with E-state index in [0.29, 0.717) is 17.8 Å². The third-order valence-corrected chi connectivity index (χ3v) is 11.9. The molecule has 0 aromatic heterocycles. The molecule has 6 heteroatoms. The number of allylic oxidation sites excluding steroid dienone is 4. The number of benzene rings is 1. The van der Waals surface area contributed by atoms with Crippen molar-refractivity contribution in [2.75, 3.05) is 0 Å². The lowest BCUT2D eigenvalue weighted by atomic mass is 9.53. The van der Waals surface area contributed by atoms with Gasteiger partial charge >= 0.3 is 0 Å². The van der Waals surface area contributed by atoms with Crippen molar-refractivity contribution in [3.8, 4) is 5.75 Å². The summed E-state index contributed by atoms with van der Waals surface area (Å²) in [4.78, 5) is 41.6. The van der Waals surface area contributed by atoms with E-state index in [9.17, 15) is 9.59 Å². The average Bonchev–Trinajstić information content (AvgIpc) is 3.51. The third-order valence-electron chi connectivity index (χ3n) is 11.9. The normalized spacial score (nSPS) is 47.1. The zero-order valence-electron chi connectivity index (χ0n) is 24.4. The van der Waals surface area contributed by atoms with Crippen molar-refractivity contribution in [2.45, 2.75) is 78.6 Å². The summed E-state index contributed by atoms with van der Waals surface area (Å²) in [6.45, 7) is 13.5. The number of fused-ring (bicyclic) bond motifs is 6. The Balaban J connectivity index is 1.50. The van der Waals surface area contributed by atoms with Crippen molar-refractivity contribution in [2.24, 2.45) is 58.5 Å². The molecule has 6 nitrogen and oxygen atoms in total. The molecule has 4 aliphatic carbocycles. The van der Waals surface area contributed by atoms with Gasteiger partial charge in [-0.1, -0.05) is 62.6 Å². The van der Waals surface area contributed by atoms with E-state index in [0.717, 1.165) is 24.2 Å². The van der Waals surface area contributed by atoms with Gasteiger partial charge in [0.2, 0.25) is 5.60 Å². The van der Waals surface area contributed by atoms with Crippen LogP contribution in [-0.4, -0.2) is 35.3 Å². The van der Waals surface area contributed by atoms with Crippen LogP contribution in [0, 0.1) is 52.8 Å². The molecule has 12 atom stereocenters. The summed E-state index contributed by atoms with van der Waals surface area (Å²) in [5.41, 5.74) is 8.17. The first-order valence-corrected chi connectivity index (χ1v) is 15.1. The molecule has 3 aliphatic heterocycles. The maximum absolute atomic E-state index is 15.0. The number of amides is 1. The molecule has 1 saturated heterocycles. The highest BCUT2D eigenvalue weighted by Crippen LogP contribution is 2.68. The molecular weight excluding hydrogens is 502 g/mol. The summed E-state index contributed by atoms with van der Waals surface area (Å²) in [7, 11) is 0. The fourth-order valence-electron chi connectivity index (χ4n) is 10.5.